The van der Waals surface area contributed by atoms with Crippen LogP contribution >= 0.6 is 0 Å². The van der Waals surface area contributed by atoms with Gasteiger partial charge in [0.05, 0.1) is 12.9 Å². The first-order valence-electron chi connectivity index (χ1n) is 11.1. The topological polar surface area (TPSA) is 55.4 Å². The average molecular weight is 446 g/mol. The average Bonchev–Trinajstić information content (AvgIpc) is 3.59. The fraction of sp³-hybridized carbons (Fsp3) is 0.259. The summed E-state index contributed by atoms with van der Waals surface area (Å²) in [7, 11) is -3.33. The van der Waals surface area contributed by atoms with Crippen molar-refractivity contribution >= 4 is 27.4 Å². The monoisotopic (exact) mass is 445 g/mol. The van der Waals surface area contributed by atoms with Gasteiger partial charge in [0.25, 0.3) is 0 Å². The Morgan fingerprint density at radius 2 is 1.72 bits per heavy atom. The normalized spacial score (nSPS) is 16.7. The standard InChI is InChI=1S/C27H27NO3S/c1-32(29,30)28-23-7-4-5-20(15-23)16-27-25-8-3-2-6-21(25)11-12-22-17-24(13-14-26(22)27)31-18-19-9-10-19/h2-8,13-17,19,28H,9-12,18H2,1H3. The van der Waals surface area contributed by atoms with E-state index < -0.39 is 10.0 Å². The van der Waals surface area contributed by atoms with Crippen LogP contribution in [-0.4, -0.2) is 21.3 Å². The minimum atomic E-state index is -3.33. The maximum absolute atomic E-state index is 11.7. The van der Waals surface area contributed by atoms with Gasteiger partial charge in [-0.1, -0.05) is 42.5 Å². The molecule has 164 valence electrons. The highest BCUT2D eigenvalue weighted by Crippen LogP contribution is 2.37. The molecule has 3 aromatic rings. The molecule has 5 heteroatoms. The highest BCUT2D eigenvalue weighted by molar-refractivity contribution is 7.92. The Morgan fingerprint density at radius 1 is 0.938 bits per heavy atom. The molecule has 1 saturated carbocycles. The zero-order valence-corrected chi connectivity index (χ0v) is 19.0. The molecular weight excluding hydrogens is 418 g/mol. The summed E-state index contributed by atoms with van der Waals surface area (Å²) in [4.78, 5) is 0. The van der Waals surface area contributed by atoms with Crippen molar-refractivity contribution in [1.29, 1.82) is 0 Å². The van der Waals surface area contributed by atoms with Crippen LogP contribution in [0.3, 0.4) is 0 Å². The lowest BCUT2D eigenvalue weighted by Crippen LogP contribution is -2.09. The summed E-state index contributed by atoms with van der Waals surface area (Å²) in [6, 6.07) is 22.5. The zero-order valence-electron chi connectivity index (χ0n) is 18.2. The number of hydrogen-bond acceptors (Lipinski definition) is 3. The number of hydrogen-bond donors (Lipinski definition) is 1. The lowest BCUT2D eigenvalue weighted by molar-refractivity contribution is 0.299. The molecule has 0 heterocycles. The number of benzene rings is 3. The van der Waals surface area contributed by atoms with Crippen LogP contribution in [0.2, 0.25) is 0 Å². The van der Waals surface area contributed by atoms with Gasteiger partial charge in [0, 0.05) is 5.69 Å². The first-order chi connectivity index (χ1) is 15.4. The van der Waals surface area contributed by atoms with Crippen molar-refractivity contribution < 1.29 is 13.2 Å². The van der Waals surface area contributed by atoms with Crippen molar-refractivity contribution in [2.24, 2.45) is 5.92 Å². The third-order valence-electron chi connectivity index (χ3n) is 6.02. The van der Waals surface area contributed by atoms with E-state index in [1.807, 2.05) is 18.2 Å². The number of rotatable bonds is 6. The van der Waals surface area contributed by atoms with Gasteiger partial charge in [-0.2, -0.15) is 0 Å². The maximum Gasteiger partial charge on any atom is 0.229 e. The van der Waals surface area contributed by atoms with Gasteiger partial charge in [-0.05, 0) is 95.3 Å². The van der Waals surface area contributed by atoms with Crippen LogP contribution in [0, 0.1) is 5.92 Å². The van der Waals surface area contributed by atoms with Crippen molar-refractivity contribution in [2.75, 3.05) is 17.6 Å². The van der Waals surface area contributed by atoms with E-state index in [0.717, 1.165) is 42.3 Å². The number of sulfonamides is 1. The molecule has 5 rings (SSSR count). The molecule has 4 nitrogen and oxygen atoms in total. The van der Waals surface area contributed by atoms with E-state index in [1.165, 1.54) is 41.4 Å². The van der Waals surface area contributed by atoms with Gasteiger partial charge in [0.15, 0.2) is 0 Å². The summed E-state index contributed by atoms with van der Waals surface area (Å²) >= 11 is 0. The van der Waals surface area contributed by atoms with Crippen molar-refractivity contribution in [3.05, 3.63) is 94.5 Å². The fourth-order valence-corrected chi connectivity index (χ4v) is 4.83. The molecular formula is C27H27NO3S. The van der Waals surface area contributed by atoms with E-state index >= 15 is 0 Å². The Hall–Kier alpha value is -3.05. The second-order valence-electron chi connectivity index (χ2n) is 8.79. The number of anilines is 1. The molecule has 0 bridgehead atoms. The lowest BCUT2D eigenvalue weighted by atomic mass is 9.92. The predicted molar refractivity (Wildman–Crippen MR) is 130 cm³/mol. The first-order valence-corrected chi connectivity index (χ1v) is 13.0. The van der Waals surface area contributed by atoms with Crippen molar-refractivity contribution in [2.45, 2.75) is 25.7 Å². The highest BCUT2D eigenvalue weighted by Gasteiger charge is 2.23. The predicted octanol–water partition coefficient (Wildman–Crippen LogP) is 5.53. The summed E-state index contributed by atoms with van der Waals surface area (Å²) in [5, 5.41) is 0. The highest BCUT2D eigenvalue weighted by atomic mass is 32.2. The fourth-order valence-electron chi connectivity index (χ4n) is 4.27. The molecule has 2 aliphatic carbocycles. The van der Waals surface area contributed by atoms with Crippen LogP contribution in [0.25, 0.3) is 11.6 Å². The lowest BCUT2D eigenvalue weighted by Gasteiger charge is -2.14. The van der Waals surface area contributed by atoms with E-state index in [-0.39, 0.29) is 0 Å². The molecule has 3 aromatic carbocycles. The van der Waals surface area contributed by atoms with Crippen LogP contribution in [0.5, 0.6) is 5.75 Å². The minimum absolute atomic E-state index is 0.563. The van der Waals surface area contributed by atoms with Crippen LogP contribution in [-0.2, 0) is 22.9 Å². The molecule has 0 atom stereocenters. The molecule has 2 aliphatic rings. The van der Waals surface area contributed by atoms with Crippen molar-refractivity contribution in [1.82, 2.24) is 0 Å². The molecule has 0 aliphatic heterocycles. The van der Waals surface area contributed by atoms with E-state index in [4.69, 9.17) is 4.74 Å². The largest absolute Gasteiger partial charge is 0.493 e. The summed E-state index contributed by atoms with van der Waals surface area (Å²) in [5.41, 5.74) is 7.69. The summed E-state index contributed by atoms with van der Waals surface area (Å²) in [5.74, 6) is 1.67. The number of fused-ring (bicyclic) bond motifs is 2. The molecule has 32 heavy (non-hydrogen) atoms. The molecule has 0 saturated heterocycles. The number of ether oxygens (including phenoxy) is 1. The molecule has 0 aromatic heterocycles. The zero-order chi connectivity index (χ0) is 22.1. The minimum Gasteiger partial charge on any atom is -0.493 e. The van der Waals surface area contributed by atoms with Crippen LogP contribution < -0.4 is 9.46 Å². The summed E-state index contributed by atoms with van der Waals surface area (Å²) in [6.45, 7) is 0.807. The third-order valence-corrected chi connectivity index (χ3v) is 6.63. The van der Waals surface area contributed by atoms with Gasteiger partial charge in [-0.3, -0.25) is 4.72 Å². The number of nitrogens with one attached hydrogen (secondary N) is 1. The number of aryl methyl sites for hydroxylation is 2. The molecule has 0 radical (unpaired) electrons. The second kappa shape index (κ2) is 8.47. The van der Waals surface area contributed by atoms with Crippen LogP contribution in [0.1, 0.15) is 40.7 Å². The molecule has 1 N–H and O–H groups in total. The first kappa shape index (κ1) is 20.8. The van der Waals surface area contributed by atoms with Crippen molar-refractivity contribution in [3.63, 3.8) is 0 Å². The smallest absolute Gasteiger partial charge is 0.229 e. The molecule has 1 fully saturated rings. The van der Waals surface area contributed by atoms with Gasteiger partial charge < -0.3 is 4.74 Å². The van der Waals surface area contributed by atoms with E-state index in [1.54, 1.807) is 6.07 Å². The Labute approximate surface area is 190 Å². The van der Waals surface area contributed by atoms with E-state index in [9.17, 15) is 8.42 Å². The van der Waals surface area contributed by atoms with Gasteiger partial charge in [0.1, 0.15) is 5.75 Å². The molecule has 0 unspecified atom stereocenters. The summed E-state index contributed by atoms with van der Waals surface area (Å²) < 4.78 is 32.0. The second-order valence-corrected chi connectivity index (χ2v) is 10.5. The van der Waals surface area contributed by atoms with Gasteiger partial charge in [-0.15, -0.1) is 0 Å². The van der Waals surface area contributed by atoms with E-state index in [0.29, 0.717) is 5.69 Å². The van der Waals surface area contributed by atoms with E-state index in [2.05, 4.69) is 53.3 Å². The molecule has 0 spiro atoms. The Bertz CT molecular complexity index is 1290. The van der Waals surface area contributed by atoms with Crippen molar-refractivity contribution in [3.8, 4) is 5.75 Å². The third kappa shape index (κ3) is 4.89. The summed E-state index contributed by atoms with van der Waals surface area (Å²) in [6.07, 6.45) is 7.81. The van der Waals surface area contributed by atoms with Gasteiger partial charge >= 0.3 is 0 Å². The Morgan fingerprint density at radius 3 is 2.53 bits per heavy atom. The van der Waals surface area contributed by atoms with Crippen LogP contribution in [0.4, 0.5) is 5.69 Å². The quantitative estimate of drug-likeness (QED) is 0.542. The SMILES string of the molecule is CS(=O)(=O)Nc1cccc(C=C2c3ccccc3CCc3cc(OCC4CC4)ccc32)c1. The molecule has 0 amide bonds. The Balaban J connectivity index is 1.57. The van der Waals surface area contributed by atoms with Crippen LogP contribution in [0.15, 0.2) is 66.7 Å². The van der Waals surface area contributed by atoms with Gasteiger partial charge in [0.2, 0.25) is 10.0 Å². The maximum atomic E-state index is 11.7. The van der Waals surface area contributed by atoms with Gasteiger partial charge in [-0.25, -0.2) is 8.42 Å². The Kier molecular flexibility index (Phi) is 5.51.